The van der Waals surface area contributed by atoms with Crippen molar-refractivity contribution in [1.29, 1.82) is 0 Å². The first-order chi connectivity index (χ1) is 8.44. The first-order valence-corrected chi connectivity index (χ1v) is 6.86. The fraction of sp³-hybridized carbons (Fsp3) is 0.300. The molecule has 0 spiro atoms. The van der Waals surface area contributed by atoms with Crippen LogP contribution in [0.15, 0.2) is 30.7 Å². The molecule has 18 heavy (non-hydrogen) atoms. The molecule has 0 aliphatic heterocycles. The van der Waals surface area contributed by atoms with E-state index in [0.29, 0.717) is 0 Å². The van der Waals surface area contributed by atoms with Crippen molar-refractivity contribution in [3.63, 3.8) is 0 Å². The quantitative estimate of drug-likeness (QED) is 0.606. The summed E-state index contributed by atoms with van der Waals surface area (Å²) in [5.74, 6) is -0.354. The topological polar surface area (TPSA) is 89.0 Å². The Morgan fingerprint density at radius 1 is 1.44 bits per heavy atom. The zero-order valence-electron chi connectivity index (χ0n) is 9.76. The lowest BCUT2D eigenvalue weighted by molar-refractivity contribution is -0.750. The normalized spacial score (nSPS) is 11.7. The Kier molecular flexibility index (Phi) is 3.39. The average molecular weight is 269 g/mol. The predicted molar refractivity (Wildman–Crippen MR) is 63.0 cm³/mol. The van der Waals surface area contributed by atoms with Gasteiger partial charge in [0.2, 0.25) is 0 Å². The monoisotopic (exact) mass is 269 g/mol. The number of aromatic nitrogens is 4. The van der Waals surface area contributed by atoms with Crippen molar-refractivity contribution >= 4 is 10.1 Å². The highest BCUT2D eigenvalue weighted by atomic mass is 32.2. The van der Waals surface area contributed by atoms with E-state index < -0.39 is 10.1 Å². The van der Waals surface area contributed by atoms with Crippen molar-refractivity contribution < 1.29 is 17.7 Å². The average Bonchev–Trinajstić information content (AvgIpc) is 2.73. The lowest BCUT2D eigenvalue weighted by atomic mass is 10.2. The number of hydrogen-bond acceptors (Lipinski definition) is 4. The SMILES string of the molecule is Cn1ccc(-c2cc[n+](CCS(=O)(=O)O)nc2)n1. The summed E-state index contributed by atoms with van der Waals surface area (Å²) in [6, 6.07) is 3.65. The van der Waals surface area contributed by atoms with Gasteiger partial charge in [0, 0.05) is 24.9 Å². The fourth-order valence-electron chi connectivity index (χ4n) is 1.45. The molecular weight excluding hydrogens is 256 g/mol. The second kappa shape index (κ2) is 4.83. The molecule has 2 aromatic heterocycles. The Labute approximate surface area is 104 Å². The van der Waals surface area contributed by atoms with Gasteiger partial charge in [-0.1, -0.05) is 4.68 Å². The highest BCUT2D eigenvalue weighted by Gasteiger charge is 2.11. The first-order valence-electron chi connectivity index (χ1n) is 5.25. The van der Waals surface area contributed by atoms with Gasteiger partial charge in [0.25, 0.3) is 10.1 Å². The fourth-order valence-corrected chi connectivity index (χ4v) is 1.86. The van der Waals surface area contributed by atoms with Gasteiger partial charge in [-0.25, -0.2) is 0 Å². The zero-order valence-corrected chi connectivity index (χ0v) is 10.6. The Morgan fingerprint density at radius 3 is 2.72 bits per heavy atom. The van der Waals surface area contributed by atoms with Gasteiger partial charge in [0.05, 0.1) is 5.69 Å². The van der Waals surface area contributed by atoms with Gasteiger partial charge in [-0.15, -0.1) is 0 Å². The molecule has 0 fully saturated rings. The summed E-state index contributed by atoms with van der Waals surface area (Å²) in [5.41, 5.74) is 1.64. The molecule has 2 rings (SSSR count). The van der Waals surface area contributed by atoms with Crippen molar-refractivity contribution in [2.75, 3.05) is 5.75 Å². The molecule has 1 N–H and O–H groups in total. The molecule has 2 heterocycles. The maximum atomic E-state index is 10.6. The van der Waals surface area contributed by atoms with E-state index in [2.05, 4.69) is 10.2 Å². The second-order valence-electron chi connectivity index (χ2n) is 3.84. The summed E-state index contributed by atoms with van der Waals surface area (Å²) in [5, 5.41) is 8.29. The Hall–Kier alpha value is -1.80. The van der Waals surface area contributed by atoms with Crippen LogP contribution < -0.4 is 4.68 Å². The van der Waals surface area contributed by atoms with Gasteiger partial charge < -0.3 is 0 Å². The molecule has 8 heteroatoms. The third kappa shape index (κ3) is 3.34. The van der Waals surface area contributed by atoms with Crippen LogP contribution in [0, 0.1) is 0 Å². The highest BCUT2D eigenvalue weighted by Crippen LogP contribution is 2.12. The minimum Gasteiger partial charge on any atom is -0.285 e. The second-order valence-corrected chi connectivity index (χ2v) is 5.41. The lowest BCUT2D eigenvalue weighted by Crippen LogP contribution is -2.40. The van der Waals surface area contributed by atoms with Gasteiger partial charge in [-0.05, 0) is 11.2 Å². The molecule has 0 unspecified atom stereocenters. The molecular formula is C10H13N4O3S+. The number of aryl methyl sites for hydroxylation is 2. The van der Waals surface area contributed by atoms with Crippen molar-refractivity contribution in [2.45, 2.75) is 6.54 Å². The zero-order chi connectivity index (χ0) is 13.2. The minimum absolute atomic E-state index is 0.112. The van der Waals surface area contributed by atoms with E-state index in [0.717, 1.165) is 11.3 Å². The molecule has 0 atom stereocenters. The van der Waals surface area contributed by atoms with E-state index in [9.17, 15) is 8.42 Å². The molecule has 0 bridgehead atoms. The molecule has 7 nitrogen and oxygen atoms in total. The summed E-state index contributed by atoms with van der Waals surface area (Å²) in [4.78, 5) is 0. The van der Waals surface area contributed by atoms with Crippen LogP contribution in [0.5, 0.6) is 0 Å². The summed E-state index contributed by atoms with van der Waals surface area (Å²) in [6.07, 6.45) is 5.08. The van der Waals surface area contributed by atoms with Gasteiger partial charge in [-0.3, -0.25) is 9.23 Å². The van der Waals surface area contributed by atoms with Crippen LogP contribution in [-0.4, -0.2) is 33.6 Å². The third-order valence-electron chi connectivity index (χ3n) is 2.36. The van der Waals surface area contributed by atoms with Crippen molar-refractivity contribution in [3.8, 4) is 11.3 Å². The smallest absolute Gasteiger partial charge is 0.271 e. The first kappa shape index (κ1) is 12.7. The van der Waals surface area contributed by atoms with Gasteiger partial charge in [0.15, 0.2) is 12.7 Å². The van der Waals surface area contributed by atoms with E-state index in [1.807, 2.05) is 19.3 Å². The number of hydrogen-bond donors (Lipinski definition) is 1. The molecule has 0 amide bonds. The molecule has 0 saturated heterocycles. The largest absolute Gasteiger partial charge is 0.285 e. The van der Waals surface area contributed by atoms with Crippen molar-refractivity contribution in [3.05, 3.63) is 30.7 Å². The summed E-state index contributed by atoms with van der Waals surface area (Å²) >= 11 is 0. The van der Waals surface area contributed by atoms with Gasteiger partial charge >= 0.3 is 0 Å². The molecule has 0 radical (unpaired) electrons. The molecule has 0 aliphatic carbocycles. The van der Waals surface area contributed by atoms with Crippen LogP contribution in [0.2, 0.25) is 0 Å². The maximum Gasteiger partial charge on any atom is 0.271 e. The molecule has 0 aliphatic rings. The third-order valence-corrected chi connectivity index (χ3v) is 3.06. The molecule has 96 valence electrons. The lowest BCUT2D eigenvalue weighted by Gasteiger charge is -1.95. The van der Waals surface area contributed by atoms with Gasteiger partial charge in [0.1, 0.15) is 11.9 Å². The van der Waals surface area contributed by atoms with E-state index in [1.165, 1.54) is 4.68 Å². The summed E-state index contributed by atoms with van der Waals surface area (Å²) in [7, 11) is -2.13. The van der Waals surface area contributed by atoms with Crippen LogP contribution in [0.25, 0.3) is 11.3 Å². The van der Waals surface area contributed by atoms with Crippen molar-refractivity contribution in [2.24, 2.45) is 7.05 Å². The van der Waals surface area contributed by atoms with Crippen LogP contribution >= 0.6 is 0 Å². The van der Waals surface area contributed by atoms with E-state index in [4.69, 9.17) is 4.55 Å². The standard InChI is InChI=1S/C10H12N4O3S/c1-13-4-3-10(12-13)9-2-5-14(11-8-9)6-7-18(15,16)17/h2-5,8H,6-7H2,1H3/p+1. The van der Waals surface area contributed by atoms with E-state index >= 15 is 0 Å². The predicted octanol–water partition coefficient (Wildman–Crippen LogP) is -0.343. The number of rotatable bonds is 4. The Morgan fingerprint density at radius 2 is 2.22 bits per heavy atom. The van der Waals surface area contributed by atoms with Crippen LogP contribution in [0.1, 0.15) is 0 Å². The Bertz CT molecular complexity index is 633. The molecule has 0 aromatic carbocycles. The van der Waals surface area contributed by atoms with Crippen LogP contribution in [0.3, 0.4) is 0 Å². The highest BCUT2D eigenvalue weighted by molar-refractivity contribution is 7.85. The van der Waals surface area contributed by atoms with Gasteiger partial charge in [-0.2, -0.15) is 13.5 Å². The maximum absolute atomic E-state index is 10.6. The summed E-state index contributed by atoms with van der Waals surface area (Å²) in [6.45, 7) is 0.112. The van der Waals surface area contributed by atoms with Crippen LogP contribution in [-0.2, 0) is 23.7 Å². The molecule has 0 saturated carbocycles. The van der Waals surface area contributed by atoms with E-state index in [-0.39, 0.29) is 12.3 Å². The van der Waals surface area contributed by atoms with Crippen LogP contribution in [0.4, 0.5) is 0 Å². The van der Waals surface area contributed by atoms with Crippen molar-refractivity contribution in [1.82, 2.24) is 14.9 Å². The van der Waals surface area contributed by atoms with E-state index in [1.54, 1.807) is 23.1 Å². The number of nitrogens with zero attached hydrogens (tertiary/aromatic N) is 4. The Balaban J connectivity index is 2.10. The minimum atomic E-state index is -3.96. The molecule has 2 aromatic rings. The summed E-state index contributed by atoms with van der Waals surface area (Å²) < 4.78 is 33.0.